The Balaban J connectivity index is 1.78. The van der Waals surface area contributed by atoms with Crippen LogP contribution in [0.4, 0.5) is 5.69 Å². The van der Waals surface area contributed by atoms with Crippen LogP contribution in [-0.2, 0) is 12.8 Å². The molecule has 0 aliphatic carbocycles. The zero-order chi connectivity index (χ0) is 19.5. The average Bonchev–Trinajstić information content (AvgIpc) is 3.17. The lowest BCUT2D eigenvalue weighted by Gasteiger charge is -2.29. The van der Waals surface area contributed by atoms with Gasteiger partial charge in [-0.25, -0.2) is 0 Å². The molecule has 0 spiro atoms. The highest BCUT2D eigenvalue weighted by Crippen LogP contribution is 2.16. The summed E-state index contributed by atoms with van der Waals surface area (Å²) < 4.78 is 0. The van der Waals surface area contributed by atoms with Gasteiger partial charge in [0, 0.05) is 18.2 Å². The minimum atomic E-state index is -0.340. The molecule has 0 saturated carbocycles. The number of nitrogens with zero attached hydrogens (tertiary/aromatic N) is 2. The molecule has 1 aromatic heterocycles. The van der Waals surface area contributed by atoms with Crippen molar-refractivity contribution in [3.8, 4) is 0 Å². The van der Waals surface area contributed by atoms with Crippen molar-refractivity contribution in [3.63, 3.8) is 0 Å². The Morgan fingerprint density at radius 3 is 2.33 bits per heavy atom. The summed E-state index contributed by atoms with van der Waals surface area (Å²) in [6.45, 7) is 6.90. The molecule has 0 amide bonds. The van der Waals surface area contributed by atoms with E-state index in [1.165, 1.54) is 36.9 Å². The van der Waals surface area contributed by atoms with Crippen molar-refractivity contribution < 1.29 is 4.92 Å². The molecular weight excluding hydrogens is 356 g/mol. The maximum Gasteiger partial charge on any atom is 0.269 e. The first-order valence-corrected chi connectivity index (χ1v) is 11.0. The molecule has 2 rings (SSSR count). The Morgan fingerprint density at radius 2 is 1.74 bits per heavy atom. The van der Waals surface area contributed by atoms with Crippen LogP contribution in [0.3, 0.4) is 0 Å². The van der Waals surface area contributed by atoms with E-state index in [2.05, 4.69) is 35.6 Å². The molecule has 0 aliphatic rings. The number of rotatable bonds is 13. The van der Waals surface area contributed by atoms with E-state index in [1.807, 2.05) is 12.1 Å². The highest BCUT2D eigenvalue weighted by atomic mass is 32.1. The van der Waals surface area contributed by atoms with E-state index in [0.29, 0.717) is 6.04 Å². The van der Waals surface area contributed by atoms with E-state index in [0.717, 1.165) is 32.2 Å². The fourth-order valence-corrected chi connectivity index (χ4v) is 4.11. The largest absolute Gasteiger partial charge is 0.300 e. The standard InChI is InChI=1S/C22H32N2O2S/c1-3-4-6-14-23(19(2)17-21-13-16-27-18-21)15-7-5-8-20-9-11-22(12-10-20)24(25)26/h9-13,16,18-19H,3-8,14-15,17H2,1-2H3. The van der Waals surface area contributed by atoms with Crippen LogP contribution in [0.15, 0.2) is 41.1 Å². The van der Waals surface area contributed by atoms with Crippen LogP contribution in [0.25, 0.3) is 0 Å². The fourth-order valence-electron chi connectivity index (χ4n) is 3.42. The lowest BCUT2D eigenvalue weighted by atomic mass is 10.1. The molecule has 27 heavy (non-hydrogen) atoms. The first-order chi connectivity index (χ1) is 13.1. The van der Waals surface area contributed by atoms with Crippen molar-refractivity contribution in [1.82, 2.24) is 4.90 Å². The van der Waals surface area contributed by atoms with Gasteiger partial charge in [0.1, 0.15) is 0 Å². The maximum atomic E-state index is 10.7. The molecule has 0 fully saturated rings. The normalized spacial score (nSPS) is 12.4. The van der Waals surface area contributed by atoms with Crippen LogP contribution in [0.2, 0.25) is 0 Å². The molecule has 0 aliphatic heterocycles. The summed E-state index contributed by atoms with van der Waals surface area (Å²) in [6.07, 6.45) is 8.21. The van der Waals surface area contributed by atoms with Gasteiger partial charge in [-0.3, -0.25) is 10.1 Å². The first kappa shape index (κ1) is 21.6. The van der Waals surface area contributed by atoms with Gasteiger partial charge in [0.25, 0.3) is 5.69 Å². The summed E-state index contributed by atoms with van der Waals surface area (Å²) in [5, 5.41) is 15.2. The second-order valence-corrected chi connectivity index (χ2v) is 8.09. The Morgan fingerprint density at radius 1 is 1.04 bits per heavy atom. The number of thiophene rings is 1. The minimum absolute atomic E-state index is 0.170. The number of hydrogen-bond acceptors (Lipinski definition) is 4. The lowest BCUT2D eigenvalue weighted by Crippen LogP contribution is -2.36. The third kappa shape index (κ3) is 7.81. The molecule has 1 heterocycles. The molecule has 0 radical (unpaired) electrons. The molecule has 5 heteroatoms. The smallest absolute Gasteiger partial charge is 0.269 e. The van der Waals surface area contributed by atoms with E-state index in [-0.39, 0.29) is 10.6 Å². The zero-order valence-electron chi connectivity index (χ0n) is 16.6. The van der Waals surface area contributed by atoms with Crippen LogP contribution >= 0.6 is 11.3 Å². The minimum Gasteiger partial charge on any atom is -0.300 e. The molecule has 148 valence electrons. The van der Waals surface area contributed by atoms with Gasteiger partial charge in [0.15, 0.2) is 0 Å². The molecule has 1 unspecified atom stereocenters. The average molecular weight is 389 g/mol. The summed E-state index contributed by atoms with van der Waals surface area (Å²) >= 11 is 1.78. The van der Waals surface area contributed by atoms with Crippen molar-refractivity contribution in [3.05, 3.63) is 62.3 Å². The number of aryl methyl sites for hydroxylation is 1. The van der Waals surface area contributed by atoms with Crippen molar-refractivity contribution in [2.75, 3.05) is 13.1 Å². The third-order valence-electron chi connectivity index (χ3n) is 5.09. The summed E-state index contributed by atoms with van der Waals surface area (Å²) in [6, 6.07) is 9.79. The summed E-state index contributed by atoms with van der Waals surface area (Å²) in [5.41, 5.74) is 2.80. The van der Waals surface area contributed by atoms with Gasteiger partial charge in [-0.2, -0.15) is 11.3 Å². The van der Waals surface area contributed by atoms with Gasteiger partial charge in [-0.1, -0.05) is 31.9 Å². The number of non-ortho nitro benzene ring substituents is 1. The van der Waals surface area contributed by atoms with Gasteiger partial charge >= 0.3 is 0 Å². The van der Waals surface area contributed by atoms with E-state index in [9.17, 15) is 10.1 Å². The van der Waals surface area contributed by atoms with E-state index < -0.39 is 0 Å². The Labute approximate surface area is 167 Å². The molecule has 1 aromatic carbocycles. The number of unbranched alkanes of at least 4 members (excludes halogenated alkanes) is 3. The second kappa shape index (κ2) is 11.9. The number of nitro benzene ring substituents is 1. The van der Waals surface area contributed by atoms with E-state index in [4.69, 9.17) is 0 Å². The number of benzene rings is 1. The quantitative estimate of drug-likeness (QED) is 0.236. The van der Waals surface area contributed by atoms with Crippen molar-refractivity contribution in [1.29, 1.82) is 0 Å². The van der Waals surface area contributed by atoms with Crippen molar-refractivity contribution in [2.45, 2.75) is 64.8 Å². The predicted octanol–water partition coefficient (Wildman–Crippen LogP) is 6.10. The summed E-state index contributed by atoms with van der Waals surface area (Å²) in [5.74, 6) is 0. The summed E-state index contributed by atoms with van der Waals surface area (Å²) in [4.78, 5) is 13.0. The van der Waals surface area contributed by atoms with Crippen LogP contribution in [0.1, 0.15) is 57.1 Å². The molecule has 1 atom stereocenters. The Kier molecular flexibility index (Phi) is 9.50. The van der Waals surface area contributed by atoms with E-state index in [1.54, 1.807) is 23.5 Å². The fraction of sp³-hybridized carbons (Fsp3) is 0.545. The molecule has 0 N–H and O–H groups in total. The van der Waals surface area contributed by atoms with Crippen molar-refractivity contribution >= 4 is 17.0 Å². The third-order valence-corrected chi connectivity index (χ3v) is 5.82. The highest BCUT2D eigenvalue weighted by Gasteiger charge is 2.14. The van der Waals surface area contributed by atoms with E-state index >= 15 is 0 Å². The number of hydrogen-bond donors (Lipinski definition) is 0. The van der Waals surface area contributed by atoms with Crippen LogP contribution < -0.4 is 0 Å². The highest BCUT2D eigenvalue weighted by molar-refractivity contribution is 7.07. The molecule has 2 aromatic rings. The molecule has 0 bridgehead atoms. The van der Waals surface area contributed by atoms with Gasteiger partial charge in [0.2, 0.25) is 0 Å². The molecule has 0 saturated heterocycles. The van der Waals surface area contributed by atoms with Crippen molar-refractivity contribution in [2.24, 2.45) is 0 Å². The topological polar surface area (TPSA) is 46.4 Å². The first-order valence-electron chi connectivity index (χ1n) is 10.1. The van der Waals surface area contributed by atoms with Gasteiger partial charge < -0.3 is 4.90 Å². The Bertz CT molecular complexity index is 655. The maximum absolute atomic E-state index is 10.7. The monoisotopic (exact) mass is 388 g/mol. The lowest BCUT2D eigenvalue weighted by molar-refractivity contribution is -0.384. The number of nitro groups is 1. The molecular formula is C22H32N2O2S. The SMILES string of the molecule is CCCCCN(CCCCc1ccc([N+](=O)[O-])cc1)C(C)Cc1ccsc1. The van der Waals surface area contributed by atoms with Gasteiger partial charge in [-0.05, 0) is 80.1 Å². The van der Waals surface area contributed by atoms with Crippen LogP contribution in [0, 0.1) is 10.1 Å². The van der Waals surface area contributed by atoms with Crippen LogP contribution in [-0.4, -0.2) is 29.0 Å². The Hall–Kier alpha value is -1.72. The summed E-state index contributed by atoms with van der Waals surface area (Å²) in [7, 11) is 0. The molecule has 4 nitrogen and oxygen atoms in total. The second-order valence-electron chi connectivity index (χ2n) is 7.31. The predicted molar refractivity (Wildman–Crippen MR) is 115 cm³/mol. The van der Waals surface area contributed by atoms with Gasteiger partial charge in [-0.15, -0.1) is 0 Å². The van der Waals surface area contributed by atoms with Gasteiger partial charge in [0.05, 0.1) is 4.92 Å². The van der Waals surface area contributed by atoms with Crippen LogP contribution in [0.5, 0.6) is 0 Å². The zero-order valence-corrected chi connectivity index (χ0v) is 17.4.